The quantitative estimate of drug-likeness (QED) is 0.847. The SMILES string of the molecule is COc1cc(NC(=O)COc2ccc(C)cc2)ccc1N1CCCCC1=O. The number of benzene rings is 2. The molecule has 0 radical (unpaired) electrons. The van der Waals surface area contributed by atoms with Crippen LogP contribution in [-0.2, 0) is 9.59 Å². The summed E-state index contributed by atoms with van der Waals surface area (Å²) in [6.45, 7) is 2.59. The minimum absolute atomic E-state index is 0.0856. The fraction of sp³-hybridized carbons (Fsp3) is 0.333. The van der Waals surface area contributed by atoms with E-state index in [4.69, 9.17) is 9.47 Å². The molecule has 0 saturated carbocycles. The molecule has 1 aliphatic heterocycles. The fourth-order valence-corrected chi connectivity index (χ4v) is 3.02. The topological polar surface area (TPSA) is 67.9 Å². The van der Waals surface area contributed by atoms with E-state index in [0.717, 1.165) is 24.1 Å². The van der Waals surface area contributed by atoms with Gasteiger partial charge in [0.1, 0.15) is 11.5 Å². The van der Waals surface area contributed by atoms with Crippen LogP contribution in [0.2, 0.25) is 0 Å². The first-order valence-corrected chi connectivity index (χ1v) is 9.04. The largest absolute Gasteiger partial charge is 0.494 e. The summed E-state index contributed by atoms with van der Waals surface area (Å²) in [5, 5.41) is 2.79. The third-order valence-electron chi connectivity index (χ3n) is 4.47. The molecule has 27 heavy (non-hydrogen) atoms. The summed E-state index contributed by atoms with van der Waals surface area (Å²) in [6.07, 6.45) is 2.45. The fourth-order valence-electron chi connectivity index (χ4n) is 3.02. The van der Waals surface area contributed by atoms with Crippen LogP contribution in [0.25, 0.3) is 0 Å². The predicted octanol–water partition coefficient (Wildman–Crippen LogP) is 3.54. The van der Waals surface area contributed by atoms with Crippen LogP contribution in [0.3, 0.4) is 0 Å². The lowest BCUT2D eigenvalue weighted by molar-refractivity contribution is -0.119. The second-order valence-corrected chi connectivity index (χ2v) is 6.54. The second kappa shape index (κ2) is 8.58. The van der Waals surface area contributed by atoms with Gasteiger partial charge in [0, 0.05) is 24.7 Å². The number of nitrogens with zero attached hydrogens (tertiary/aromatic N) is 1. The summed E-state index contributed by atoms with van der Waals surface area (Å²) >= 11 is 0. The molecule has 1 N–H and O–H groups in total. The van der Waals surface area contributed by atoms with Crippen molar-refractivity contribution in [3.05, 3.63) is 48.0 Å². The van der Waals surface area contributed by atoms with E-state index in [1.807, 2.05) is 31.2 Å². The zero-order valence-corrected chi connectivity index (χ0v) is 15.7. The van der Waals surface area contributed by atoms with Crippen LogP contribution in [0.1, 0.15) is 24.8 Å². The highest BCUT2D eigenvalue weighted by Gasteiger charge is 2.22. The number of carbonyl (C=O) groups is 2. The van der Waals surface area contributed by atoms with E-state index in [2.05, 4.69) is 5.32 Å². The maximum absolute atomic E-state index is 12.2. The van der Waals surface area contributed by atoms with E-state index in [0.29, 0.717) is 30.2 Å². The van der Waals surface area contributed by atoms with Gasteiger partial charge in [-0.15, -0.1) is 0 Å². The Morgan fingerprint density at radius 2 is 1.93 bits per heavy atom. The van der Waals surface area contributed by atoms with Crippen molar-refractivity contribution in [3.8, 4) is 11.5 Å². The molecule has 6 heteroatoms. The number of hydrogen-bond acceptors (Lipinski definition) is 4. The molecule has 0 bridgehead atoms. The molecule has 0 unspecified atom stereocenters. The lowest BCUT2D eigenvalue weighted by Crippen LogP contribution is -2.35. The van der Waals surface area contributed by atoms with Crippen LogP contribution in [0, 0.1) is 6.92 Å². The van der Waals surface area contributed by atoms with Gasteiger partial charge in [0.2, 0.25) is 5.91 Å². The number of hydrogen-bond donors (Lipinski definition) is 1. The van der Waals surface area contributed by atoms with Crippen LogP contribution in [0.15, 0.2) is 42.5 Å². The van der Waals surface area contributed by atoms with Crippen LogP contribution < -0.4 is 19.7 Å². The summed E-state index contributed by atoms with van der Waals surface area (Å²) in [4.78, 5) is 26.0. The first-order chi connectivity index (χ1) is 13.1. The van der Waals surface area contributed by atoms with E-state index < -0.39 is 0 Å². The van der Waals surface area contributed by atoms with Gasteiger partial charge in [0.05, 0.1) is 12.8 Å². The predicted molar refractivity (Wildman–Crippen MR) is 105 cm³/mol. The Balaban J connectivity index is 1.63. The molecule has 6 nitrogen and oxygen atoms in total. The molecule has 0 atom stereocenters. The molecule has 0 aliphatic carbocycles. The summed E-state index contributed by atoms with van der Waals surface area (Å²) in [6, 6.07) is 12.8. The molecule has 2 aromatic rings. The Morgan fingerprint density at radius 1 is 1.15 bits per heavy atom. The van der Waals surface area contributed by atoms with Crippen molar-refractivity contribution in [2.24, 2.45) is 0 Å². The molecule has 3 rings (SSSR count). The summed E-state index contributed by atoms with van der Waals surface area (Å²) in [5.74, 6) is 1.04. The summed E-state index contributed by atoms with van der Waals surface area (Å²) in [7, 11) is 1.55. The highest BCUT2D eigenvalue weighted by molar-refractivity contribution is 5.97. The zero-order valence-electron chi connectivity index (χ0n) is 15.7. The van der Waals surface area contributed by atoms with Gasteiger partial charge in [-0.25, -0.2) is 0 Å². The molecular formula is C21H24N2O4. The number of nitrogens with one attached hydrogen (secondary N) is 1. The number of methoxy groups -OCH3 is 1. The van der Waals surface area contributed by atoms with Crippen molar-refractivity contribution in [2.45, 2.75) is 26.2 Å². The normalized spacial score (nSPS) is 14.0. The Morgan fingerprint density at radius 3 is 2.63 bits per heavy atom. The molecule has 0 spiro atoms. The monoisotopic (exact) mass is 368 g/mol. The minimum Gasteiger partial charge on any atom is -0.494 e. The molecule has 2 aromatic carbocycles. The number of ether oxygens (including phenoxy) is 2. The Bertz CT molecular complexity index is 817. The third-order valence-corrected chi connectivity index (χ3v) is 4.47. The molecule has 1 fully saturated rings. The Hall–Kier alpha value is -3.02. The van der Waals surface area contributed by atoms with Crippen LogP contribution >= 0.6 is 0 Å². The highest BCUT2D eigenvalue weighted by Crippen LogP contribution is 2.33. The van der Waals surface area contributed by atoms with Crippen LogP contribution in [-0.4, -0.2) is 32.1 Å². The number of amides is 2. The molecular weight excluding hydrogens is 344 g/mol. The van der Waals surface area contributed by atoms with Crippen LogP contribution in [0.5, 0.6) is 11.5 Å². The van der Waals surface area contributed by atoms with E-state index >= 15 is 0 Å². The summed E-state index contributed by atoms with van der Waals surface area (Å²) in [5.41, 5.74) is 2.46. The first kappa shape index (κ1) is 18.8. The van der Waals surface area contributed by atoms with Gasteiger partial charge in [-0.1, -0.05) is 17.7 Å². The van der Waals surface area contributed by atoms with Crippen LogP contribution in [0.4, 0.5) is 11.4 Å². The van der Waals surface area contributed by atoms with Gasteiger partial charge >= 0.3 is 0 Å². The maximum Gasteiger partial charge on any atom is 0.262 e. The van der Waals surface area contributed by atoms with Crippen molar-refractivity contribution in [1.82, 2.24) is 0 Å². The smallest absolute Gasteiger partial charge is 0.262 e. The lowest BCUT2D eigenvalue weighted by atomic mass is 10.1. The van der Waals surface area contributed by atoms with Gasteiger partial charge < -0.3 is 19.7 Å². The Kier molecular flexibility index (Phi) is 5.96. The molecule has 1 aliphatic rings. The van der Waals surface area contributed by atoms with Crippen molar-refractivity contribution in [2.75, 3.05) is 30.5 Å². The van der Waals surface area contributed by atoms with Gasteiger partial charge in [-0.3, -0.25) is 9.59 Å². The van der Waals surface area contributed by atoms with Gasteiger partial charge in [-0.2, -0.15) is 0 Å². The average Bonchev–Trinajstić information content (AvgIpc) is 2.68. The number of carbonyl (C=O) groups excluding carboxylic acids is 2. The second-order valence-electron chi connectivity index (χ2n) is 6.54. The number of aryl methyl sites for hydroxylation is 1. The van der Waals surface area contributed by atoms with E-state index in [-0.39, 0.29) is 18.4 Å². The summed E-state index contributed by atoms with van der Waals surface area (Å²) < 4.78 is 10.9. The van der Waals surface area contributed by atoms with Gasteiger partial charge in [-0.05, 0) is 44.0 Å². The van der Waals surface area contributed by atoms with Gasteiger partial charge in [0.15, 0.2) is 6.61 Å². The van der Waals surface area contributed by atoms with E-state index in [1.165, 1.54) is 0 Å². The lowest BCUT2D eigenvalue weighted by Gasteiger charge is -2.28. The Labute approximate surface area is 159 Å². The molecule has 142 valence electrons. The minimum atomic E-state index is -0.264. The molecule has 1 heterocycles. The van der Waals surface area contributed by atoms with Crippen molar-refractivity contribution >= 4 is 23.2 Å². The van der Waals surface area contributed by atoms with Gasteiger partial charge in [0.25, 0.3) is 5.91 Å². The van der Waals surface area contributed by atoms with Crippen molar-refractivity contribution < 1.29 is 19.1 Å². The van der Waals surface area contributed by atoms with Crippen molar-refractivity contribution in [1.29, 1.82) is 0 Å². The number of anilines is 2. The van der Waals surface area contributed by atoms with E-state index in [9.17, 15) is 9.59 Å². The zero-order chi connectivity index (χ0) is 19.2. The molecule has 2 amide bonds. The molecule has 0 aromatic heterocycles. The van der Waals surface area contributed by atoms with Crippen molar-refractivity contribution in [3.63, 3.8) is 0 Å². The number of piperidine rings is 1. The molecule has 1 saturated heterocycles. The highest BCUT2D eigenvalue weighted by atomic mass is 16.5. The average molecular weight is 368 g/mol. The van der Waals surface area contributed by atoms with E-state index in [1.54, 1.807) is 30.2 Å². The maximum atomic E-state index is 12.2. The number of rotatable bonds is 6. The standard InChI is InChI=1S/C21H24N2O4/c1-15-6-9-17(10-7-15)27-14-20(24)22-16-8-11-18(19(13-16)26-2)23-12-4-3-5-21(23)25/h6-11,13H,3-5,12,14H2,1-2H3,(H,22,24). The third kappa shape index (κ3) is 4.78. The first-order valence-electron chi connectivity index (χ1n) is 9.04.